The highest BCUT2D eigenvalue weighted by Gasteiger charge is 2.25. The largest absolute Gasteiger partial charge is 0.340 e. The van der Waals surface area contributed by atoms with E-state index < -0.39 is 0 Å². The van der Waals surface area contributed by atoms with Gasteiger partial charge in [-0.1, -0.05) is 34.1 Å². The van der Waals surface area contributed by atoms with Crippen molar-refractivity contribution in [1.82, 2.24) is 9.80 Å². The first-order valence-electron chi connectivity index (χ1n) is 6.98. The molecular weight excluding hydrogens is 226 g/mol. The Labute approximate surface area is 113 Å². The van der Waals surface area contributed by atoms with Crippen molar-refractivity contribution in [2.75, 3.05) is 33.7 Å². The summed E-state index contributed by atoms with van der Waals surface area (Å²) >= 11 is 0. The van der Waals surface area contributed by atoms with E-state index in [1.165, 1.54) is 0 Å². The zero-order valence-corrected chi connectivity index (χ0v) is 12.9. The van der Waals surface area contributed by atoms with Crippen LogP contribution in [0.15, 0.2) is 0 Å². The molecule has 0 aliphatic rings. The number of hydrogen-bond donors (Lipinski definition) is 1. The first kappa shape index (κ1) is 17.4. The van der Waals surface area contributed by atoms with E-state index in [9.17, 15) is 4.79 Å². The number of nitrogens with two attached hydrogens (primary N) is 1. The summed E-state index contributed by atoms with van der Waals surface area (Å²) in [6.07, 6.45) is 0.941. The van der Waals surface area contributed by atoms with Crippen molar-refractivity contribution in [2.45, 2.75) is 40.2 Å². The monoisotopic (exact) mass is 257 g/mol. The fraction of sp³-hybridized carbons (Fsp3) is 0.929. The van der Waals surface area contributed by atoms with Crippen LogP contribution in [-0.4, -0.2) is 55.5 Å². The quantitative estimate of drug-likeness (QED) is 0.715. The highest BCUT2D eigenvalue weighted by molar-refractivity contribution is 5.82. The smallest absolute Gasteiger partial charge is 0.239 e. The first-order valence-corrected chi connectivity index (χ1v) is 6.98. The van der Waals surface area contributed by atoms with Crippen LogP contribution in [0.3, 0.4) is 0 Å². The average Bonchev–Trinajstić information content (AvgIpc) is 2.30. The molecule has 108 valence electrons. The van der Waals surface area contributed by atoms with Gasteiger partial charge < -0.3 is 15.5 Å². The van der Waals surface area contributed by atoms with Gasteiger partial charge in [0.25, 0.3) is 0 Å². The van der Waals surface area contributed by atoms with Crippen molar-refractivity contribution in [2.24, 2.45) is 17.6 Å². The molecule has 4 heteroatoms. The standard InChI is InChI=1S/C14H31N3O/c1-7-12(4)13(15)14(18)17(10-11(2)3)9-8-16(5)6/h11-13H,7-10,15H2,1-6H3/t12?,13-/m0/s1. The molecule has 0 heterocycles. The lowest BCUT2D eigenvalue weighted by Crippen LogP contribution is -2.49. The summed E-state index contributed by atoms with van der Waals surface area (Å²) in [7, 11) is 4.04. The van der Waals surface area contributed by atoms with Gasteiger partial charge >= 0.3 is 0 Å². The van der Waals surface area contributed by atoms with Crippen molar-refractivity contribution in [3.05, 3.63) is 0 Å². The summed E-state index contributed by atoms with van der Waals surface area (Å²) in [5, 5.41) is 0. The summed E-state index contributed by atoms with van der Waals surface area (Å²) in [6.45, 7) is 10.8. The summed E-state index contributed by atoms with van der Waals surface area (Å²) < 4.78 is 0. The number of amides is 1. The summed E-state index contributed by atoms with van der Waals surface area (Å²) in [4.78, 5) is 16.4. The third-order valence-electron chi connectivity index (χ3n) is 3.26. The molecule has 0 aromatic heterocycles. The second-order valence-electron chi connectivity index (χ2n) is 5.89. The maximum atomic E-state index is 12.4. The zero-order valence-electron chi connectivity index (χ0n) is 12.9. The van der Waals surface area contributed by atoms with Crippen molar-refractivity contribution in [1.29, 1.82) is 0 Å². The normalized spacial score (nSPS) is 14.9. The Morgan fingerprint density at radius 2 is 1.72 bits per heavy atom. The highest BCUT2D eigenvalue weighted by atomic mass is 16.2. The fourth-order valence-corrected chi connectivity index (χ4v) is 1.76. The van der Waals surface area contributed by atoms with E-state index in [0.717, 1.165) is 26.1 Å². The van der Waals surface area contributed by atoms with Gasteiger partial charge in [-0.25, -0.2) is 0 Å². The molecule has 4 nitrogen and oxygen atoms in total. The van der Waals surface area contributed by atoms with E-state index in [2.05, 4.69) is 25.7 Å². The van der Waals surface area contributed by atoms with Gasteiger partial charge in [-0.15, -0.1) is 0 Å². The molecule has 1 unspecified atom stereocenters. The third kappa shape index (κ3) is 6.36. The molecular formula is C14H31N3O. The summed E-state index contributed by atoms with van der Waals surface area (Å²) in [5.74, 6) is 0.812. The molecule has 2 N–H and O–H groups in total. The van der Waals surface area contributed by atoms with E-state index in [-0.39, 0.29) is 17.9 Å². The molecule has 18 heavy (non-hydrogen) atoms. The average molecular weight is 257 g/mol. The molecule has 0 aliphatic carbocycles. The summed E-state index contributed by atoms with van der Waals surface area (Å²) in [5.41, 5.74) is 6.05. The second-order valence-corrected chi connectivity index (χ2v) is 5.89. The van der Waals surface area contributed by atoms with Gasteiger partial charge in [0.05, 0.1) is 6.04 Å². The highest BCUT2D eigenvalue weighted by Crippen LogP contribution is 2.10. The number of carbonyl (C=O) groups is 1. The Bertz CT molecular complexity index is 241. The van der Waals surface area contributed by atoms with Crippen LogP contribution in [0.1, 0.15) is 34.1 Å². The van der Waals surface area contributed by atoms with Crippen LogP contribution in [0.25, 0.3) is 0 Å². The lowest BCUT2D eigenvalue weighted by Gasteiger charge is -2.30. The molecule has 2 atom stereocenters. The van der Waals surface area contributed by atoms with Gasteiger partial charge in [0.1, 0.15) is 0 Å². The number of nitrogens with zero attached hydrogens (tertiary/aromatic N) is 2. The van der Waals surface area contributed by atoms with E-state index >= 15 is 0 Å². The van der Waals surface area contributed by atoms with Crippen LogP contribution in [0.2, 0.25) is 0 Å². The summed E-state index contributed by atoms with van der Waals surface area (Å²) in [6, 6.07) is -0.365. The van der Waals surface area contributed by atoms with Gasteiger partial charge in [-0.3, -0.25) is 4.79 Å². The van der Waals surface area contributed by atoms with Crippen LogP contribution in [0.5, 0.6) is 0 Å². The van der Waals surface area contributed by atoms with Crippen molar-refractivity contribution < 1.29 is 4.79 Å². The molecule has 0 spiro atoms. The second kappa shape index (κ2) is 8.48. The Morgan fingerprint density at radius 3 is 2.11 bits per heavy atom. The fourth-order valence-electron chi connectivity index (χ4n) is 1.76. The van der Waals surface area contributed by atoms with Crippen LogP contribution in [0, 0.1) is 11.8 Å². The molecule has 0 radical (unpaired) electrons. The minimum atomic E-state index is -0.365. The van der Waals surface area contributed by atoms with E-state index in [1.54, 1.807) is 0 Å². The molecule has 0 aliphatic heterocycles. The Kier molecular flexibility index (Phi) is 8.20. The Hall–Kier alpha value is -0.610. The number of rotatable bonds is 8. The third-order valence-corrected chi connectivity index (χ3v) is 3.26. The van der Waals surface area contributed by atoms with Gasteiger partial charge in [0, 0.05) is 19.6 Å². The molecule has 0 rings (SSSR count). The lowest BCUT2D eigenvalue weighted by atomic mass is 9.98. The van der Waals surface area contributed by atoms with Crippen molar-refractivity contribution in [3.8, 4) is 0 Å². The predicted octanol–water partition coefficient (Wildman–Crippen LogP) is 1.41. The minimum absolute atomic E-state index is 0.0971. The molecule has 0 aromatic rings. The molecule has 1 amide bonds. The van der Waals surface area contributed by atoms with E-state index in [0.29, 0.717) is 5.92 Å². The number of likely N-dealkylation sites (N-methyl/N-ethyl adjacent to an activating group) is 1. The van der Waals surface area contributed by atoms with Crippen LogP contribution < -0.4 is 5.73 Å². The van der Waals surface area contributed by atoms with Gasteiger partial charge in [-0.2, -0.15) is 0 Å². The van der Waals surface area contributed by atoms with Crippen LogP contribution >= 0.6 is 0 Å². The first-order chi connectivity index (χ1) is 8.29. The predicted molar refractivity (Wildman–Crippen MR) is 77.4 cm³/mol. The molecule has 0 fully saturated rings. The Balaban J connectivity index is 4.57. The van der Waals surface area contributed by atoms with Gasteiger partial charge in [-0.05, 0) is 25.9 Å². The Morgan fingerprint density at radius 1 is 1.17 bits per heavy atom. The molecule has 0 aromatic carbocycles. The van der Waals surface area contributed by atoms with Crippen LogP contribution in [-0.2, 0) is 4.79 Å². The maximum Gasteiger partial charge on any atom is 0.239 e. The lowest BCUT2D eigenvalue weighted by molar-refractivity contribution is -0.134. The molecule has 0 bridgehead atoms. The molecule has 0 saturated carbocycles. The topological polar surface area (TPSA) is 49.6 Å². The van der Waals surface area contributed by atoms with Gasteiger partial charge in [0.15, 0.2) is 0 Å². The van der Waals surface area contributed by atoms with Crippen molar-refractivity contribution >= 4 is 5.91 Å². The zero-order chi connectivity index (χ0) is 14.3. The van der Waals surface area contributed by atoms with Crippen molar-refractivity contribution in [3.63, 3.8) is 0 Å². The minimum Gasteiger partial charge on any atom is -0.340 e. The van der Waals surface area contributed by atoms with Crippen LogP contribution in [0.4, 0.5) is 0 Å². The maximum absolute atomic E-state index is 12.4. The van der Waals surface area contributed by atoms with Gasteiger partial charge in [0.2, 0.25) is 5.91 Å². The SMILES string of the molecule is CCC(C)[C@H](N)C(=O)N(CCN(C)C)CC(C)C. The van der Waals surface area contributed by atoms with E-state index in [4.69, 9.17) is 5.73 Å². The number of hydrogen-bond acceptors (Lipinski definition) is 3. The van der Waals surface area contributed by atoms with E-state index in [1.807, 2.05) is 25.9 Å². The molecule has 0 saturated heterocycles. The number of carbonyl (C=O) groups excluding carboxylic acids is 1.